The highest BCUT2D eigenvalue weighted by Crippen LogP contribution is 2.17. The molecule has 4 heteroatoms. The standard InChI is InChI=1S/C11H12ClN3/c1-8(13)11-6-14-7-15(11)10-4-2-9(12)3-5-10/h2-8H,13H2,1H3/t8-/m0/s1. The lowest BCUT2D eigenvalue weighted by molar-refractivity contribution is 0.752. The molecule has 0 radical (unpaired) electrons. The monoisotopic (exact) mass is 221 g/mol. The fourth-order valence-corrected chi connectivity index (χ4v) is 1.59. The lowest BCUT2D eigenvalue weighted by Gasteiger charge is -2.10. The van der Waals surface area contributed by atoms with Crippen LogP contribution in [-0.2, 0) is 0 Å². The summed E-state index contributed by atoms with van der Waals surface area (Å²) in [4.78, 5) is 4.09. The molecule has 0 aliphatic carbocycles. The summed E-state index contributed by atoms with van der Waals surface area (Å²) < 4.78 is 1.96. The molecule has 2 N–H and O–H groups in total. The maximum Gasteiger partial charge on any atom is 0.0994 e. The van der Waals surface area contributed by atoms with E-state index in [9.17, 15) is 0 Å². The van der Waals surface area contributed by atoms with E-state index in [2.05, 4.69) is 4.98 Å². The molecule has 3 nitrogen and oxygen atoms in total. The van der Waals surface area contributed by atoms with Crippen LogP contribution in [-0.4, -0.2) is 9.55 Å². The summed E-state index contributed by atoms with van der Waals surface area (Å²) in [7, 11) is 0. The summed E-state index contributed by atoms with van der Waals surface area (Å²) in [5.74, 6) is 0. The Kier molecular flexibility index (Phi) is 2.75. The van der Waals surface area contributed by atoms with Crippen molar-refractivity contribution in [3.8, 4) is 5.69 Å². The van der Waals surface area contributed by atoms with Gasteiger partial charge in [-0.2, -0.15) is 0 Å². The van der Waals surface area contributed by atoms with Crippen molar-refractivity contribution in [2.75, 3.05) is 0 Å². The highest BCUT2D eigenvalue weighted by Gasteiger charge is 2.07. The zero-order chi connectivity index (χ0) is 10.8. The van der Waals surface area contributed by atoms with Crippen molar-refractivity contribution < 1.29 is 0 Å². The number of imidazole rings is 1. The zero-order valence-electron chi connectivity index (χ0n) is 8.39. The van der Waals surface area contributed by atoms with E-state index in [-0.39, 0.29) is 6.04 Å². The van der Waals surface area contributed by atoms with Crippen molar-refractivity contribution in [1.29, 1.82) is 0 Å². The molecule has 2 rings (SSSR count). The number of hydrogen-bond acceptors (Lipinski definition) is 2. The average molecular weight is 222 g/mol. The summed E-state index contributed by atoms with van der Waals surface area (Å²) in [6.07, 6.45) is 3.53. The van der Waals surface area contributed by atoms with Crippen molar-refractivity contribution in [2.24, 2.45) is 5.73 Å². The summed E-state index contributed by atoms with van der Waals surface area (Å²) in [6.45, 7) is 1.93. The van der Waals surface area contributed by atoms with E-state index in [1.54, 1.807) is 12.5 Å². The Morgan fingerprint density at radius 2 is 2.00 bits per heavy atom. The van der Waals surface area contributed by atoms with E-state index >= 15 is 0 Å². The van der Waals surface area contributed by atoms with Crippen LogP contribution in [0.3, 0.4) is 0 Å². The maximum absolute atomic E-state index is 5.84. The van der Waals surface area contributed by atoms with Crippen LogP contribution in [0.25, 0.3) is 5.69 Å². The van der Waals surface area contributed by atoms with Gasteiger partial charge in [0.1, 0.15) is 0 Å². The number of benzene rings is 1. The van der Waals surface area contributed by atoms with Gasteiger partial charge in [-0.25, -0.2) is 4.98 Å². The van der Waals surface area contributed by atoms with Crippen LogP contribution >= 0.6 is 11.6 Å². The number of rotatable bonds is 2. The molecule has 0 amide bonds. The second-order valence-electron chi connectivity index (χ2n) is 3.45. The average Bonchev–Trinajstić information content (AvgIpc) is 2.67. The quantitative estimate of drug-likeness (QED) is 0.847. The Hall–Kier alpha value is -1.32. The van der Waals surface area contributed by atoms with E-state index in [0.29, 0.717) is 0 Å². The highest BCUT2D eigenvalue weighted by molar-refractivity contribution is 6.30. The summed E-state index contributed by atoms with van der Waals surface area (Å²) in [5, 5.41) is 0.723. The number of aromatic nitrogens is 2. The minimum Gasteiger partial charge on any atom is -0.323 e. The fraction of sp³-hybridized carbons (Fsp3) is 0.182. The molecule has 0 saturated heterocycles. The third-order valence-electron chi connectivity index (χ3n) is 2.24. The molecule has 0 unspecified atom stereocenters. The van der Waals surface area contributed by atoms with E-state index < -0.39 is 0 Å². The van der Waals surface area contributed by atoms with Crippen LogP contribution in [0.5, 0.6) is 0 Å². The first-order valence-electron chi connectivity index (χ1n) is 4.72. The number of hydrogen-bond donors (Lipinski definition) is 1. The van der Waals surface area contributed by atoms with Gasteiger partial charge in [-0.05, 0) is 31.2 Å². The molecule has 1 heterocycles. The second kappa shape index (κ2) is 4.04. The largest absolute Gasteiger partial charge is 0.323 e. The zero-order valence-corrected chi connectivity index (χ0v) is 9.15. The molecule has 0 aliphatic heterocycles. The Labute approximate surface area is 93.5 Å². The van der Waals surface area contributed by atoms with E-state index in [1.165, 1.54) is 0 Å². The predicted molar refractivity (Wildman–Crippen MR) is 61.2 cm³/mol. The van der Waals surface area contributed by atoms with Gasteiger partial charge in [-0.1, -0.05) is 11.6 Å². The molecule has 2 aromatic rings. The molecular weight excluding hydrogens is 210 g/mol. The van der Waals surface area contributed by atoms with E-state index in [0.717, 1.165) is 16.4 Å². The number of nitrogens with zero attached hydrogens (tertiary/aromatic N) is 2. The van der Waals surface area contributed by atoms with E-state index in [1.807, 2.05) is 35.8 Å². The minimum absolute atomic E-state index is 0.0387. The van der Waals surface area contributed by atoms with Gasteiger partial charge in [0, 0.05) is 16.8 Å². The maximum atomic E-state index is 5.84. The molecule has 0 fully saturated rings. The fourth-order valence-electron chi connectivity index (χ4n) is 1.46. The Morgan fingerprint density at radius 3 is 2.60 bits per heavy atom. The van der Waals surface area contributed by atoms with Gasteiger partial charge >= 0.3 is 0 Å². The molecular formula is C11H12ClN3. The van der Waals surface area contributed by atoms with Gasteiger partial charge < -0.3 is 10.3 Å². The van der Waals surface area contributed by atoms with E-state index in [4.69, 9.17) is 17.3 Å². The lowest BCUT2D eigenvalue weighted by atomic mass is 10.2. The van der Waals surface area contributed by atoms with Gasteiger partial charge in [-0.15, -0.1) is 0 Å². The van der Waals surface area contributed by atoms with Crippen molar-refractivity contribution >= 4 is 11.6 Å². The first kappa shape index (κ1) is 10.2. The minimum atomic E-state index is -0.0387. The van der Waals surface area contributed by atoms with Gasteiger partial charge in [0.05, 0.1) is 18.2 Å². The molecule has 0 saturated carbocycles. The second-order valence-corrected chi connectivity index (χ2v) is 3.89. The third kappa shape index (κ3) is 2.03. The molecule has 1 aromatic carbocycles. The van der Waals surface area contributed by atoms with Gasteiger partial charge in [0.15, 0.2) is 0 Å². The van der Waals surface area contributed by atoms with Gasteiger partial charge in [0.2, 0.25) is 0 Å². The van der Waals surface area contributed by atoms with Crippen LogP contribution in [0.4, 0.5) is 0 Å². The van der Waals surface area contributed by atoms with Crippen molar-refractivity contribution in [3.05, 3.63) is 47.5 Å². The summed E-state index contributed by atoms with van der Waals surface area (Å²) >= 11 is 5.83. The van der Waals surface area contributed by atoms with Crippen molar-refractivity contribution in [1.82, 2.24) is 9.55 Å². The smallest absolute Gasteiger partial charge is 0.0994 e. The first-order valence-corrected chi connectivity index (χ1v) is 5.10. The SMILES string of the molecule is C[C@H](N)c1cncn1-c1ccc(Cl)cc1. The molecule has 0 spiro atoms. The predicted octanol–water partition coefficient (Wildman–Crippen LogP) is 2.55. The molecule has 15 heavy (non-hydrogen) atoms. The molecule has 0 aliphatic rings. The van der Waals surface area contributed by atoms with Crippen LogP contribution in [0.2, 0.25) is 5.02 Å². The third-order valence-corrected chi connectivity index (χ3v) is 2.49. The van der Waals surface area contributed by atoms with Crippen LogP contribution < -0.4 is 5.73 Å². The molecule has 1 aromatic heterocycles. The molecule has 1 atom stereocenters. The van der Waals surface area contributed by atoms with Crippen LogP contribution in [0.1, 0.15) is 18.7 Å². The van der Waals surface area contributed by atoms with Gasteiger partial charge in [0.25, 0.3) is 0 Å². The van der Waals surface area contributed by atoms with Gasteiger partial charge in [-0.3, -0.25) is 0 Å². The van der Waals surface area contributed by atoms with Crippen molar-refractivity contribution in [2.45, 2.75) is 13.0 Å². The Bertz CT molecular complexity index is 445. The molecule has 78 valence electrons. The normalized spacial score (nSPS) is 12.7. The Morgan fingerprint density at radius 1 is 1.33 bits per heavy atom. The van der Waals surface area contributed by atoms with Crippen LogP contribution in [0, 0.1) is 0 Å². The number of halogens is 1. The summed E-state index contributed by atoms with van der Waals surface area (Å²) in [5.41, 5.74) is 7.84. The summed E-state index contributed by atoms with van der Waals surface area (Å²) in [6, 6.07) is 7.54. The highest BCUT2D eigenvalue weighted by atomic mass is 35.5. The first-order chi connectivity index (χ1) is 7.18. The number of nitrogens with two attached hydrogens (primary N) is 1. The topological polar surface area (TPSA) is 43.8 Å². The molecule has 0 bridgehead atoms. The van der Waals surface area contributed by atoms with Crippen molar-refractivity contribution in [3.63, 3.8) is 0 Å². The Balaban J connectivity index is 2.45. The van der Waals surface area contributed by atoms with Crippen LogP contribution in [0.15, 0.2) is 36.8 Å². The lowest BCUT2D eigenvalue weighted by Crippen LogP contribution is -2.10.